The van der Waals surface area contributed by atoms with Crippen molar-refractivity contribution in [2.24, 2.45) is 5.92 Å². The van der Waals surface area contributed by atoms with E-state index in [1.165, 1.54) is 12.8 Å². The normalized spacial score (nSPS) is 16.5. The number of fused-ring (bicyclic) bond motifs is 2. The standard InChI is InChI=1S/C28H25N5O2/c1-32-9-2-3-20(16-32)17-35-27-12-23(21-6-4-19(13-29)5-7-21)28(33-18-30-15-25(27)33)22-11-26-24(31-14-22)8-10-34-26/h4-8,10-12,14-15,18,20H,2-3,9,16-17H2,1H3/t20-/m1/s1. The number of benzene rings is 1. The van der Waals surface area contributed by atoms with Crippen LogP contribution in [-0.2, 0) is 0 Å². The molecule has 1 aliphatic heterocycles. The number of ether oxygens (including phenoxy) is 1. The SMILES string of the molecule is CN1CCC[C@@H](COc2cc(-c3ccc(C#N)cc3)c(-c3cnc4ccoc4c3)n3cncc23)C1. The Balaban J connectivity index is 1.49. The van der Waals surface area contributed by atoms with Crippen molar-refractivity contribution in [1.82, 2.24) is 19.3 Å². The molecule has 174 valence electrons. The molecule has 0 aliphatic carbocycles. The second-order valence-corrected chi connectivity index (χ2v) is 9.22. The monoisotopic (exact) mass is 463 g/mol. The summed E-state index contributed by atoms with van der Waals surface area (Å²) >= 11 is 0. The maximum absolute atomic E-state index is 9.28. The van der Waals surface area contributed by atoms with Gasteiger partial charge in [-0.3, -0.25) is 9.38 Å². The van der Waals surface area contributed by atoms with Crippen LogP contribution in [0.2, 0.25) is 0 Å². The highest BCUT2D eigenvalue weighted by Gasteiger charge is 2.21. The molecule has 7 heteroatoms. The number of nitriles is 1. The Bertz CT molecular complexity index is 1540. The van der Waals surface area contributed by atoms with Gasteiger partial charge in [-0.05, 0) is 56.3 Å². The molecule has 0 radical (unpaired) electrons. The summed E-state index contributed by atoms with van der Waals surface area (Å²) in [5.74, 6) is 1.30. The second kappa shape index (κ2) is 8.90. The molecule has 0 spiro atoms. The lowest BCUT2D eigenvalue weighted by Crippen LogP contribution is -2.34. The average Bonchev–Trinajstić information content (AvgIpc) is 3.56. The molecule has 1 fully saturated rings. The quantitative estimate of drug-likeness (QED) is 0.347. The number of aromatic nitrogens is 3. The summed E-state index contributed by atoms with van der Waals surface area (Å²) in [6.45, 7) is 2.86. The fraction of sp³-hybridized carbons (Fsp3) is 0.250. The van der Waals surface area contributed by atoms with Crippen molar-refractivity contribution >= 4 is 16.6 Å². The fourth-order valence-corrected chi connectivity index (χ4v) is 5.01. The second-order valence-electron chi connectivity index (χ2n) is 9.22. The van der Waals surface area contributed by atoms with Gasteiger partial charge >= 0.3 is 0 Å². The molecule has 0 saturated carbocycles. The molecule has 0 amide bonds. The Kier molecular flexibility index (Phi) is 5.44. The van der Waals surface area contributed by atoms with E-state index in [0.717, 1.165) is 57.8 Å². The predicted octanol–water partition coefficient (Wildman–Crippen LogP) is 5.40. The lowest BCUT2D eigenvalue weighted by atomic mass is 9.98. The number of hydrogen-bond donors (Lipinski definition) is 0. The highest BCUT2D eigenvalue weighted by Crippen LogP contribution is 2.38. The van der Waals surface area contributed by atoms with Crippen LogP contribution in [0.3, 0.4) is 0 Å². The lowest BCUT2D eigenvalue weighted by molar-refractivity contribution is 0.151. The van der Waals surface area contributed by atoms with E-state index in [1.807, 2.05) is 55.1 Å². The first kappa shape index (κ1) is 21.4. The lowest BCUT2D eigenvalue weighted by Gasteiger charge is -2.29. The molecular weight excluding hydrogens is 438 g/mol. The summed E-state index contributed by atoms with van der Waals surface area (Å²) in [6.07, 6.45) is 9.53. The van der Waals surface area contributed by atoms with Gasteiger partial charge in [0, 0.05) is 35.9 Å². The van der Waals surface area contributed by atoms with E-state index in [4.69, 9.17) is 9.15 Å². The molecule has 35 heavy (non-hydrogen) atoms. The van der Waals surface area contributed by atoms with Crippen LogP contribution >= 0.6 is 0 Å². The molecule has 1 aromatic carbocycles. The summed E-state index contributed by atoms with van der Waals surface area (Å²) in [7, 11) is 2.17. The maximum atomic E-state index is 9.28. The molecule has 1 atom stereocenters. The number of piperidine rings is 1. The van der Waals surface area contributed by atoms with Crippen LogP contribution < -0.4 is 4.74 Å². The van der Waals surface area contributed by atoms with Gasteiger partial charge in [-0.2, -0.15) is 5.26 Å². The molecule has 5 aromatic rings. The molecule has 4 aromatic heterocycles. The minimum atomic E-state index is 0.500. The number of nitrogens with zero attached hydrogens (tertiary/aromatic N) is 5. The Labute approximate surface area is 203 Å². The first-order chi connectivity index (χ1) is 17.2. The van der Waals surface area contributed by atoms with E-state index >= 15 is 0 Å². The summed E-state index contributed by atoms with van der Waals surface area (Å²) in [4.78, 5) is 11.4. The van der Waals surface area contributed by atoms with Crippen LogP contribution in [0.5, 0.6) is 5.75 Å². The summed E-state index contributed by atoms with van der Waals surface area (Å²) < 4.78 is 14.1. The van der Waals surface area contributed by atoms with Gasteiger partial charge in [-0.15, -0.1) is 0 Å². The van der Waals surface area contributed by atoms with Crippen molar-refractivity contribution in [2.75, 3.05) is 26.7 Å². The van der Waals surface area contributed by atoms with Crippen LogP contribution in [0.1, 0.15) is 18.4 Å². The topological polar surface area (TPSA) is 79.6 Å². The molecular formula is C28H25N5O2. The third-order valence-electron chi connectivity index (χ3n) is 6.76. The number of likely N-dealkylation sites (tertiary alicyclic amines) is 1. The van der Waals surface area contributed by atoms with E-state index in [9.17, 15) is 5.26 Å². The van der Waals surface area contributed by atoms with Gasteiger partial charge in [0.2, 0.25) is 0 Å². The van der Waals surface area contributed by atoms with Gasteiger partial charge in [0.15, 0.2) is 5.58 Å². The van der Waals surface area contributed by atoms with Crippen molar-refractivity contribution in [2.45, 2.75) is 12.8 Å². The Hall–Kier alpha value is -4.15. The fourth-order valence-electron chi connectivity index (χ4n) is 5.01. The van der Waals surface area contributed by atoms with Crippen molar-refractivity contribution in [3.8, 4) is 34.2 Å². The van der Waals surface area contributed by atoms with Crippen molar-refractivity contribution in [3.63, 3.8) is 0 Å². The molecule has 1 saturated heterocycles. The minimum Gasteiger partial charge on any atom is -0.491 e. The third kappa shape index (κ3) is 4.02. The van der Waals surface area contributed by atoms with Gasteiger partial charge in [0.25, 0.3) is 0 Å². The van der Waals surface area contributed by atoms with Gasteiger partial charge in [0.1, 0.15) is 16.8 Å². The summed E-state index contributed by atoms with van der Waals surface area (Å²) in [5, 5.41) is 9.28. The third-order valence-corrected chi connectivity index (χ3v) is 6.76. The number of furan rings is 1. The predicted molar refractivity (Wildman–Crippen MR) is 134 cm³/mol. The largest absolute Gasteiger partial charge is 0.491 e. The maximum Gasteiger partial charge on any atom is 0.152 e. The molecule has 0 N–H and O–H groups in total. The van der Waals surface area contributed by atoms with Crippen LogP contribution in [0.4, 0.5) is 0 Å². The first-order valence-electron chi connectivity index (χ1n) is 11.8. The Morgan fingerprint density at radius 2 is 2.03 bits per heavy atom. The molecule has 0 bridgehead atoms. The minimum absolute atomic E-state index is 0.500. The molecule has 7 nitrogen and oxygen atoms in total. The average molecular weight is 464 g/mol. The van der Waals surface area contributed by atoms with E-state index in [-0.39, 0.29) is 0 Å². The zero-order chi connectivity index (χ0) is 23.8. The molecule has 6 rings (SSSR count). The van der Waals surface area contributed by atoms with Gasteiger partial charge in [-0.25, -0.2) is 4.98 Å². The Morgan fingerprint density at radius 1 is 1.14 bits per heavy atom. The van der Waals surface area contributed by atoms with Crippen molar-refractivity contribution < 1.29 is 9.15 Å². The Morgan fingerprint density at radius 3 is 2.86 bits per heavy atom. The van der Waals surface area contributed by atoms with E-state index in [1.54, 1.807) is 6.26 Å². The van der Waals surface area contributed by atoms with E-state index in [2.05, 4.69) is 38.5 Å². The van der Waals surface area contributed by atoms with Gasteiger partial charge < -0.3 is 14.1 Å². The van der Waals surface area contributed by atoms with Crippen LogP contribution in [0.25, 0.3) is 39.0 Å². The highest BCUT2D eigenvalue weighted by molar-refractivity contribution is 5.88. The van der Waals surface area contributed by atoms with Crippen molar-refractivity contribution in [1.29, 1.82) is 5.26 Å². The van der Waals surface area contributed by atoms with Crippen LogP contribution in [0.15, 0.2) is 71.9 Å². The van der Waals surface area contributed by atoms with Crippen molar-refractivity contribution in [3.05, 3.63) is 73.0 Å². The molecule has 0 unspecified atom stereocenters. The first-order valence-corrected chi connectivity index (χ1v) is 11.8. The number of hydrogen-bond acceptors (Lipinski definition) is 6. The molecule has 5 heterocycles. The molecule has 1 aliphatic rings. The van der Waals surface area contributed by atoms with Gasteiger partial charge in [-0.1, -0.05) is 12.1 Å². The zero-order valence-corrected chi connectivity index (χ0v) is 19.5. The summed E-state index contributed by atoms with van der Waals surface area (Å²) in [6, 6.07) is 15.8. The van der Waals surface area contributed by atoms with Crippen LogP contribution in [-0.4, -0.2) is 46.0 Å². The van der Waals surface area contributed by atoms with Gasteiger partial charge in [0.05, 0.1) is 42.7 Å². The smallest absolute Gasteiger partial charge is 0.152 e. The number of imidazole rings is 1. The zero-order valence-electron chi connectivity index (χ0n) is 19.5. The summed E-state index contributed by atoms with van der Waals surface area (Å²) in [5.41, 5.74) is 6.88. The number of rotatable bonds is 5. The van der Waals surface area contributed by atoms with Crippen LogP contribution in [0, 0.1) is 17.2 Å². The van der Waals surface area contributed by atoms with E-state index < -0.39 is 0 Å². The highest BCUT2D eigenvalue weighted by atomic mass is 16.5. The van der Waals surface area contributed by atoms with E-state index in [0.29, 0.717) is 18.1 Å². The number of pyridine rings is 2.